The van der Waals surface area contributed by atoms with Crippen molar-refractivity contribution in [2.24, 2.45) is 11.7 Å². The highest BCUT2D eigenvalue weighted by Crippen LogP contribution is 2.32. The molecule has 0 radical (unpaired) electrons. The molecule has 0 spiro atoms. The summed E-state index contributed by atoms with van der Waals surface area (Å²) in [6, 6.07) is 18.0. The van der Waals surface area contributed by atoms with Gasteiger partial charge in [-0.05, 0) is 29.7 Å². The van der Waals surface area contributed by atoms with Crippen LogP contribution >= 0.6 is 0 Å². The second-order valence-corrected chi connectivity index (χ2v) is 7.11. The molecular weight excluding hydrogens is 336 g/mol. The predicted octanol–water partition coefficient (Wildman–Crippen LogP) is 3.58. The standard InChI is InChI=1S/C23H24N2O2/c24-23(27-17-18-8-2-1-3-9-18)14-7-6-11-20(23)16-22(26)25-15-13-19-10-4-5-12-21(19)25/h1-12,14,20H,13,15-17,24H2/t20-,23+/m1/s1. The van der Waals surface area contributed by atoms with Crippen molar-refractivity contribution in [1.82, 2.24) is 0 Å². The molecule has 1 aliphatic carbocycles. The highest BCUT2D eigenvalue weighted by atomic mass is 16.5. The Morgan fingerprint density at radius 3 is 2.74 bits per heavy atom. The summed E-state index contributed by atoms with van der Waals surface area (Å²) in [5.74, 6) is -0.116. The lowest BCUT2D eigenvalue weighted by Gasteiger charge is -2.35. The van der Waals surface area contributed by atoms with Crippen LogP contribution in [0.3, 0.4) is 0 Å². The van der Waals surface area contributed by atoms with Crippen molar-refractivity contribution < 1.29 is 9.53 Å². The zero-order valence-corrected chi connectivity index (χ0v) is 15.3. The third-order valence-electron chi connectivity index (χ3n) is 5.31. The molecular formula is C23H24N2O2. The molecule has 138 valence electrons. The first-order valence-electron chi connectivity index (χ1n) is 9.37. The number of allylic oxidation sites excluding steroid dienone is 2. The number of benzene rings is 2. The smallest absolute Gasteiger partial charge is 0.227 e. The van der Waals surface area contributed by atoms with Crippen LogP contribution in [0.2, 0.25) is 0 Å². The number of nitrogens with two attached hydrogens (primary N) is 1. The van der Waals surface area contributed by atoms with Crippen molar-refractivity contribution in [3.05, 3.63) is 90.0 Å². The fraction of sp³-hybridized carbons (Fsp3) is 0.261. The van der Waals surface area contributed by atoms with Gasteiger partial charge in [0.15, 0.2) is 0 Å². The van der Waals surface area contributed by atoms with E-state index in [2.05, 4.69) is 6.07 Å². The molecule has 1 aliphatic heterocycles. The third kappa shape index (κ3) is 3.72. The van der Waals surface area contributed by atoms with E-state index in [4.69, 9.17) is 10.5 Å². The molecule has 0 bridgehead atoms. The van der Waals surface area contributed by atoms with Crippen LogP contribution in [0.4, 0.5) is 5.69 Å². The molecule has 2 aromatic carbocycles. The Morgan fingerprint density at radius 1 is 1.11 bits per heavy atom. The zero-order chi connectivity index (χ0) is 18.7. The van der Waals surface area contributed by atoms with Gasteiger partial charge in [0, 0.05) is 24.6 Å². The molecule has 2 aromatic rings. The van der Waals surface area contributed by atoms with E-state index in [0.717, 1.165) is 24.2 Å². The van der Waals surface area contributed by atoms with E-state index >= 15 is 0 Å². The summed E-state index contributed by atoms with van der Waals surface area (Å²) in [6.07, 6.45) is 8.88. The fourth-order valence-electron chi connectivity index (χ4n) is 3.74. The van der Waals surface area contributed by atoms with Crippen LogP contribution in [-0.2, 0) is 22.6 Å². The average Bonchev–Trinajstić information content (AvgIpc) is 3.13. The normalized spacial score (nSPS) is 23.4. The maximum atomic E-state index is 13.0. The van der Waals surface area contributed by atoms with E-state index in [1.165, 1.54) is 5.56 Å². The van der Waals surface area contributed by atoms with E-state index in [9.17, 15) is 4.79 Å². The van der Waals surface area contributed by atoms with E-state index in [0.29, 0.717) is 13.0 Å². The van der Waals surface area contributed by atoms with Gasteiger partial charge in [0.1, 0.15) is 5.72 Å². The SMILES string of the molecule is N[C@]1(OCc2ccccc2)C=CC=C[C@@H]1CC(=O)N1CCc2ccccc21. The molecule has 0 fully saturated rings. The molecule has 1 heterocycles. The number of hydrogen-bond acceptors (Lipinski definition) is 3. The Kier molecular flexibility index (Phi) is 4.92. The number of fused-ring (bicyclic) bond motifs is 1. The van der Waals surface area contributed by atoms with Crippen LogP contribution in [0.25, 0.3) is 0 Å². The first kappa shape index (κ1) is 17.7. The van der Waals surface area contributed by atoms with Crippen molar-refractivity contribution in [2.45, 2.75) is 25.2 Å². The van der Waals surface area contributed by atoms with Crippen LogP contribution in [0, 0.1) is 5.92 Å². The summed E-state index contributed by atoms with van der Waals surface area (Å²) in [5, 5.41) is 0. The summed E-state index contributed by atoms with van der Waals surface area (Å²) in [7, 11) is 0. The highest BCUT2D eigenvalue weighted by molar-refractivity contribution is 5.95. The average molecular weight is 360 g/mol. The Bertz CT molecular complexity index is 875. The molecule has 4 nitrogen and oxygen atoms in total. The molecule has 0 unspecified atom stereocenters. The third-order valence-corrected chi connectivity index (χ3v) is 5.31. The summed E-state index contributed by atoms with van der Waals surface area (Å²) in [4.78, 5) is 14.9. The molecule has 2 aliphatic rings. The number of ether oxygens (including phenoxy) is 1. The number of carbonyl (C=O) groups excluding carboxylic acids is 1. The van der Waals surface area contributed by atoms with E-state index in [-0.39, 0.29) is 11.8 Å². The summed E-state index contributed by atoms with van der Waals surface area (Å²) in [5.41, 5.74) is 8.88. The van der Waals surface area contributed by atoms with E-state index in [1.807, 2.05) is 77.7 Å². The predicted molar refractivity (Wildman–Crippen MR) is 107 cm³/mol. The maximum absolute atomic E-state index is 13.0. The molecule has 2 N–H and O–H groups in total. The highest BCUT2D eigenvalue weighted by Gasteiger charge is 2.37. The summed E-state index contributed by atoms with van der Waals surface area (Å²) >= 11 is 0. The van der Waals surface area contributed by atoms with E-state index in [1.54, 1.807) is 0 Å². The van der Waals surface area contributed by atoms with Crippen molar-refractivity contribution in [2.75, 3.05) is 11.4 Å². The number of rotatable bonds is 5. The van der Waals surface area contributed by atoms with Gasteiger partial charge in [-0.3, -0.25) is 10.5 Å². The molecule has 2 atom stereocenters. The summed E-state index contributed by atoms with van der Waals surface area (Å²) in [6.45, 7) is 1.14. The van der Waals surface area contributed by atoms with Gasteiger partial charge in [0.25, 0.3) is 0 Å². The van der Waals surface area contributed by atoms with Gasteiger partial charge in [-0.25, -0.2) is 0 Å². The number of amides is 1. The molecule has 0 aromatic heterocycles. The Morgan fingerprint density at radius 2 is 1.89 bits per heavy atom. The van der Waals surface area contributed by atoms with Gasteiger partial charge in [-0.15, -0.1) is 0 Å². The maximum Gasteiger partial charge on any atom is 0.227 e. The van der Waals surface area contributed by atoms with Crippen LogP contribution in [0.15, 0.2) is 78.9 Å². The van der Waals surface area contributed by atoms with Crippen molar-refractivity contribution in [3.63, 3.8) is 0 Å². The monoisotopic (exact) mass is 360 g/mol. The Labute approximate surface area is 159 Å². The minimum atomic E-state index is -0.987. The van der Waals surface area contributed by atoms with Gasteiger partial charge >= 0.3 is 0 Å². The van der Waals surface area contributed by atoms with Crippen LogP contribution in [0.1, 0.15) is 17.5 Å². The topological polar surface area (TPSA) is 55.6 Å². The first-order valence-corrected chi connectivity index (χ1v) is 9.37. The number of nitrogens with zero attached hydrogens (tertiary/aromatic N) is 1. The van der Waals surface area contributed by atoms with E-state index < -0.39 is 5.72 Å². The summed E-state index contributed by atoms with van der Waals surface area (Å²) < 4.78 is 6.07. The van der Waals surface area contributed by atoms with Crippen molar-refractivity contribution in [1.29, 1.82) is 0 Å². The lowest BCUT2D eigenvalue weighted by atomic mass is 9.88. The molecule has 0 saturated heterocycles. The minimum absolute atomic E-state index is 0.0861. The molecule has 1 amide bonds. The largest absolute Gasteiger partial charge is 0.352 e. The zero-order valence-electron chi connectivity index (χ0n) is 15.3. The lowest BCUT2D eigenvalue weighted by Crippen LogP contribution is -2.49. The van der Waals surface area contributed by atoms with Crippen LogP contribution in [-0.4, -0.2) is 18.2 Å². The van der Waals surface area contributed by atoms with Crippen LogP contribution in [0.5, 0.6) is 0 Å². The number of hydrogen-bond donors (Lipinski definition) is 1. The minimum Gasteiger partial charge on any atom is -0.352 e. The number of carbonyl (C=O) groups is 1. The molecule has 4 heteroatoms. The van der Waals surface area contributed by atoms with Gasteiger partial charge in [0.2, 0.25) is 5.91 Å². The van der Waals surface area contributed by atoms with Crippen LogP contribution < -0.4 is 10.6 Å². The van der Waals surface area contributed by atoms with Crippen molar-refractivity contribution in [3.8, 4) is 0 Å². The lowest BCUT2D eigenvalue weighted by molar-refractivity contribution is -0.122. The van der Waals surface area contributed by atoms with Gasteiger partial charge in [-0.2, -0.15) is 0 Å². The Hall–Kier alpha value is -2.69. The second-order valence-electron chi connectivity index (χ2n) is 7.11. The Balaban J connectivity index is 1.46. The van der Waals surface area contributed by atoms with Crippen molar-refractivity contribution >= 4 is 11.6 Å². The van der Waals surface area contributed by atoms with Gasteiger partial charge < -0.3 is 9.64 Å². The first-order chi connectivity index (χ1) is 13.2. The van der Waals surface area contributed by atoms with Gasteiger partial charge in [0.05, 0.1) is 6.61 Å². The fourth-order valence-corrected chi connectivity index (χ4v) is 3.74. The number of anilines is 1. The molecule has 0 saturated carbocycles. The second kappa shape index (κ2) is 7.51. The van der Waals surface area contributed by atoms with Gasteiger partial charge in [-0.1, -0.05) is 66.8 Å². The quantitative estimate of drug-likeness (QED) is 0.829. The molecule has 4 rings (SSSR count). The number of para-hydroxylation sites is 1. The molecule has 27 heavy (non-hydrogen) atoms.